The summed E-state index contributed by atoms with van der Waals surface area (Å²) in [5.74, 6) is 0. The van der Waals surface area contributed by atoms with Gasteiger partial charge < -0.3 is 0 Å². The molecule has 98 valence electrons. The molecule has 1 fully saturated rings. The molecule has 1 aliphatic heterocycles. The van der Waals surface area contributed by atoms with Gasteiger partial charge in [-0.2, -0.15) is 22.7 Å². The van der Waals surface area contributed by atoms with Crippen LogP contribution in [0.5, 0.6) is 0 Å². The molecule has 0 spiro atoms. The van der Waals surface area contributed by atoms with Crippen LogP contribution in [-0.4, -0.2) is 31.4 Å². The van der Waals surface area contributed by atoms with Gasteiger partial charge in [0.2, 0.25) is 0 Å². The predicted molar refractivity (Wildman–Crippen MR) is 66.3 cm³/mol. The van der Waals surface area contributed by atoms with Gasteiger partial charge >= 0.3 is 0 Å². The molecule has 0 aromatic carbocycles. The molecule has 0 radical (unpaired) electrons. The van der Waals surface area contributed by atoms with Gasteiger partial charge in [-0.25, -0.2) is 0 Å². The maximum Gasteiger partial charge on any atom is 0.279 e. The van der Waals surface area contributed by atoms with Crippen LogP contribution in [0.4, 0.5) is 0 Å². The highest BCUT2D eigenvalue weighted by Gasteiger charge is 2.35. The highest BCUT2D eigenvalue weighted by atomic mass is 32.2. The van der Waals surface area contributed by atoms with E-state index < -0.39 is 15.7 Å². The van der Waals surface area contributed by atoms with Crippen molar-refractivity contribution in [1.82, 2.24) is 9.03 Å². The topological polar surface area (TPSA) is 73.2 Å². The van der Waals surface area contributed by atoms with E-state index in [1.54, 1.807) is 0 Å². The number of nitriles is 1. The molecule has 0 unspecified atom stereocenters. The maximum absolute atomic E-state index is 12.0. The molecule has 0 bridgehead atoms. The van der Waals surface area contributed by atoms with Crippen molar-refractivity contribution < 1.29 is 8.42 Å². The van der Waals surface area contributed by atoms with Crippen molar-refractivity contribution in [1.29, 1.82) is 5.26 Å². The standard InChI is InChI=1S/C11H21N3O2S/c1-10(2,3)13-17(15,16)14-7-5-11(4,9-12)6-8-14/h13H,5-8H2,1-4H3. The summed E-state index contributed by atoms with van der Waals surface area (Å²) in [5.41, 5.74) is -0.859. The van der Waals surface area contributed by atoms with Gasteiger partial charge in [-0.3, -0.25) is 0 Å². The number of rotatable bonds is 2. The number of hydrogen-bond donors (Lipinski definition) is 1. The number of hydrogen-bond acceptors (Lipinski definition) is 3. The molecule has 1 N–H and O–H groups in total. The lowest BCUT2D eigenvalue weighted by Gasteiger charge is -2.35. The second-order valence-corrected chi connectivity index (χ2v) is 7.60. The predicted octanol–water partition coefficient (Wildman–Crippen LogP) is 1.24. The van der Waals surface area contributed by atoms with Gasteiger partial charge in [0, 0.05) is 18.6 Å². The van der Waals surface area contributed by atoms with Crippen molar-refractivity contribution >= 4 is 10.2 Å². The van der Waals surface area contributed by atoms with Gasteiger partial charge in [0.25, 0.3) is 10.2 Å². The zero-order chi connectivity index (χ0) is 13.3. The van der Waals surface area contributed by atoms with E-state index in [0.717, 1.165) is 0 Å². The second kappa shape index (κ2) is 4.56. The van der Waals surface area contributed by atoms with Crippen molar-refractivity contribution in [3.63, 3.8) is 0 Å². The number of piperidine rings is 1. The Balaban J connectivity index is 2.70. The Labute approximate surface area is 104 Å². The molecular formula is C11H21N3O2S. The summed E-state index contributed by atoms with van der Waals surface area (Å²) in [6.45, 7) is 8.15. The van der Waals surface area contributed by atoms with Crippen LogP contribution in [-0.2, 0) is 10.2 Å². The van der Waals surface area contributed by atoms with Crippen LogP contribution in [0.15, 0.2) is 0 Å². The molecule has 1 rings (SSSR count). The molecule has 1 aliphatic rings. The third kappa shape index (κ3) is 3.95. The first-order valence-corrected chi connectivity index (χ1v) is 7.22. The van der Waals surface area contributed by atoms with E-state index >= 15 is 0 Å². The second-order valence-electron chi connectivity index (χ2n) is 5.93. The van der Waals surface area contributed by atoms with E-state index in [9.17, 15) is 8.42 Å². The van der Waals surface area contributed by atoms with Crippen LogP contribution in [0.1, 0.15) is 40.5 Å². The summed E-state index contributed by atoms with van der Waals surface area (Å²) in [4.78, 5) is 0. The average Bonchev–Trinajstić information content (AvgIpc) is 2.15. The fourth-order valence-electron chi connectivity index (χ4n) is 1.78. The maximum atomic E-state index is 12.0. The summed E-state index contributed by atoms with van der Waals surface area (Å²) in [6.07, 6.45) is 1.18. The molecule has 5 nitrogen and oxygen atoms in total. The van der Waals surface area contributed by atoms with E-state index in [1.807, 2.05) is 27.7 Å². The highest BCUT2D eigenvalue weighted by Crippen LogP contribution is 2.30. The Bertz CT molecular complexity index is 409. The first-order valence-electron chi connectivity index (χ1n) is 5.78. The first-order chi connectivity index (χ1) is 7.58. The molecule has 1 heterocycles. The van der Waals surface area contributed by atoms with Crippen LogP contribution >= 0.6 is 0 Å². The first kappa shape index (κ1) is 14.4. The lowest BCUT2D eigenvalue weighted by Crippen LogP contribution is -2.52. The molecule has 0 aromatic rings. The Morgan fingerprint density at radius 2 is 1.76 bits per heavy atom. The lowest BCUT2D eigenvalue weighted by atomic mass is 9.83. The van der Waals surface area contributed by atoms with Crippen LogP contribution in [0.3, 0.4) is 0 Å². The van der Waals surface area contributed by atoms with Crippen molar-refractivity contribution in [3.8, 4) is 6.07 Å². The molecule has 6 heteroatoms. The van der Waals surface area contributed by atoms with E-state index in [1.165, 1.54) is 4.31 Å². The van der Waals surface area contributed by atoms with Crippen molar-refractivity contribution in [3.05, 3.63) is 0 Å². The molecule has 1 saturated heterocycles. The van der Waals surface area contributed by atoms with Crippen molar-refractivity contribution in [2.24, 2.45) is 5.41 Å². The molecule has 0 amide bonds. The van der Waals surface area contributed by atoms with Crippen molar-refractivity contribution in [2.75, 3.05) is 13.1 Å². The Morgan fingerprint density at radius 1 is 1.29 bits per heavy atom. The quantitative estimate of drug-likeness (QED) is 0.811. The minimum absolute atomic E-state index is 0.381. The van der Waals surface area contributed by atoms with Crippen LogP contribution in [0.25, 0.3) is 0 Å². The van der Waals surface area contributed by atoms with Gasteiger partial charge in [-0.05, 0) is 40.5 Å². The molecule has 0 aromatic heterocycles. The Morgan fingerprint density at radius 3 is 2.12 bits per heavy atom. The largest absolute Gasteiger partial charge is 0.279 e. The Hall–Kier alpha value is -0.640. The monoisotopic (exact) mass is 259 g/mol. The normalized spacial score (nSPS) is 22.1. The average molecular weight is 259 g/mol. The lowest BCUT2D eigenvalue weighted by molar-refractivity contribution is 0.228. The van der Waals surface area contributed by atoms with E-state index in [-0.39, 0.29) is 5.41 Å². The third-order valence-corrected chi connectivity index (χ3v) is 4.79. The van der Waals surface area contributed by atoms with E-state index in [4.69, 9.17) is 5.26 Å². The zero-order valence-corrected chi connectivity index (χ0v) is 11.8. The van der Waals surface area contributed by atoms with Gasteiger partial charge in [-0.1, -0.05) is 0 Å². The fraction of sp³-hybridized carbons (Fsp3) is 0.909. The summed E-state index contributed by atoms with van der Waals surface area (Å²) in [5, 5.41) is 8.99. The van der Waals surface area contributed by atoms with Crippen molar-refractivity contribution in [2.45, 2.75) is 46.1 Å². The van der Waals surface area contributed by atoms with E-state index in [2.05, 4.69) is 10.8 Å². The van der Waals surface area contributed by atoms with Crippen LogP contribution in [0, 0.1) is 16.7 Å². The summed E-state index contributed by atoms with van der Waals surface area (Å²) >= 11 is 0. The molecule has 17 heavy (non-hydrogen) atoms. The smallest absolute Gasteiger partial charge is 0.198 e. The summed E-state index contributed by atoms with van der Waals surface area (Å²) in [7, 11) is -3.43. The SMILES string of the molecule is CC1(C#N)CCN(S(=O)(=O)NC(C)(C)C)CC1. The highest BCUT2D eigenvalue weighted by molar-refractivity contribution is 7.87. The third-order valence-electron chi connectivity index (χ3n) is 2.87. The molecular weight excluding hydrogens is 238 g/mol. The minimum atomic E-state index is -3.43. The van der Waals surface area contributed by atoms with Gasteiger partial charge in [0.15, 0.2) is 0 Å². The van der Waals surface area contributed by atoms with Gasteiger partial charge in [0.05, 0.1) is 11.5 Å². The summed E-state index contributed by atoms with van der Waals surface area (Å²) < 4.78 is 28.1. The summed E-state index contributed by atoms with van der Waals surface area (Å²) in [6, 6.07) is 2.26. The minimum Gasteiger partial charge on any atom is -0.198 e. The Kier molecular flexibility index (Phi) is 3.87. The number of nitrogens with one attached hydrogen (secondary N) is 1. The van der Waals surface area contributed by atoms with Crippen LogP contribution in [0.2, 0.25) is 0 Å². The van der Waals surface area contributed by atoms with Crippen LogP contribution < -0.4 is 4.72 Å². The molecule has 0 atom stereocenters. The van der Waals surface area contributed by atoms with E-state index in [0.29, 0.717) is 25.9 Å². The van der Waals surface area contributed by atoms with Gasteiger partial charge in [0.1, 0.15) is 0 Å². The zero-order valence-electron chi connectivity index (χ0n) is 10.9. The molecule has 0 aliphatic carbocycles. The fourth-order valence-corrected chi connectivity index (χ4v) is 3.35. The van der Waals surface area contributed by atoms with Gasteiger partial charge in [-0.15, -0.1) is 0 Å². The molecule has 0 saturated carbocycles. The number of nitrogens with zero attached hydrogens (tertiary/aromatic N) is 2.